The lowest BCUT2D eigenvalue weighted by Crippen LogP contribution is -2.06. The Balaban J connectivity index is 1.78. The SMILES string of the molecule is CCc1ccc2cc3ccccc3c(C(=O)c3c4ccccc4cc4ccc(CC)cc34)c2c1. The summed E-state index contributed by atoms with van der Waals surface area (Å²) in [4.78, 5) is 14.7. The van der Waals surface area contributed by atoms with Gasteiger partial charge in [-0.25, -0.2) is 0 Å². The Hall–Kier alpha value is -3.97. The van der Waals surface area contributed by atoms with E-state index in [1.165, 1.54) is 11.1 Å². The molecule has 0 aliphatic carbocycles. The fourth-order valence-electron chi connectivity index (χ4n) is 5.27. The van der Waals surface area contributed by atoms with Crippen LogP contribution in [0.5, 0.6) is 0 Å². The molecule has 0 saturated carbocycles. The molecule has 0 aliphatic rings. The number of hydrogen-bond donors (Lipinski definition) is 0. The number of carbonyl (C=O) groups excluding carboxylic acids is 1. The second kappa shape index (κ2) is 8.11. The van der Waals surface area contributed by atoms with Crippen molar-refractivity contribution in [2.45, 2.75) is 26.7 Å². The van der Waals surface area contributed by atoms with Crippen LogP contribution in [0.25, 0.3) is 43.1 Å². The largest absolute Gasteiger partial charge is 0.289 e. The van der Waals surface area contributed by atoms with Gasteiger partial charge in [0.2, 0.25) is 0 Å². The van der Waals surface area contributed by atoms with Gasteiger partial charge < -0.3 is 0 Å². The second-order valence-electron chi connectivity index (χ2n) is 9.09. The zero-order chi connectivity index (χ0) is 23.2. The zero-order valence-corrected chi connectivity index (χ0v) is 19.6. The van der Waals surface area contributed by atoms with Crippen molar-refractivity contribution in [2.24, 2.45) is 0 Å². The van der Waals surface area contributed by atoms with Gasteiger partial charge in [-0.3, -0.25) is 4.79 Å². The highest BCUT2D eigenvalue weighted by Gasteiger charge is 2.22. The molecule has 0 spiro atoms. The summed E-state index contributed by atoms with van der Waals surface area (Å²) < 4.78 is 0. The minimum atomic E-state index is 0.102. The van der Waals surface area contributed by atoms with E-state index < -0.39 is 0 Å². The van der Waals surface area contributed by atoms with Crippen molar-refractivity contribution in [1.29, 1.82) is 0 Å². The molecule has 6 aromatic carbocycles. The van der Waals surface area contributed by atoms with Crippen LogP contribution in [0.3, 0.4) is 0 Å². The number of ketones is 1. The number of rotatable bonds is 4. The van der Waals surface area contributed by atoms with Gasteiger partial charge >= 0.3 is 0 Å². The third-order valence-corrected chi connectivity index (χ3v) is 7.13. The molecule has 0 aliphatic heterocycles. The molecule has 0 aromatic heterocycles. The van der Waals surface area contributed by atoms with Crippen LogP contribution in [0.15, 0.2) is 97.1 Å². The van der Waals surface area contributed by atoms with Gasteiger partial charge in [0.15, 0.2) is 5.78 Å². The van der Waals surface area contributed by atoms with Gasteiger partial charge in [0.25, 0.3) is 0 Å². The molecule has 0 unspecified atom stereocenters. The summed E-state index contributed by atoms with van der Waals surface area (Å²) in [5.41, 5.74) is 4.10. The van der Waals surface area contributed by atoms with Crippen LogP contribution < -0.4 is 0 Å². The first kappa shape index (κ1) is 20.6. The average Bonchev–Trinajstić information content (AvgIpc) is 2.89. The monoisotopic (exact) mass is 438 g/mol. The molecule has 0 heterocycles. The number of carbonyl (C=O) groups is 1. The van der Waals surface area contributed by atoms with Crippen molar-refractivity contribution in [1.82, 2.24) is 0 Å². The number of aryl methyl sites for hydroxylation is 2. The van der Waals surface area contributed by atoms with E-state index >= 15 is 0 Å². The average molecular weight is 439 g/mol. The lowest BCUT2D eigenvalue weighted by Gasteiger charge is -2.16. The molecule has 0 amide bonds. The first-order valence-electron chi connectivity index (χ1n) is 12.1. The highest BCUT2D eigenvalue weighted by atomic mass is 16.1. The van der Waals surface area contributed by atoms with E-state index in [2.05, 4.69) is 86.6 Å². The van der Waals surface area contributed by atoms with E-state index in [0.717, 1.165) is 67.1 Å². The van der Waals surface area contributed by atoms with Crippen molar-refractivity contribution in [3.63, 3.8) is 0 Å². The number of benzene rings is 6. The summed E-state index contributed by atoms with van der Waals surface area (Å²) in [6, 6.07) is 34.0. The second-order valence-corrected chi connectivity index (χ2v) is 9.09. The fraction of sp³-hybridized carbons (Fsp3) is 0.121. The molecule has 0 bridgehead atoms. The summed E-state index contributed by atoms with van der Waals surface area (Å²) in [6.45, 7) is 4.32. The van der Waals surface area contributed by atoms with E-state index in [1.54, 1.807) is 0 Å². The van der Waals surface area contributed by atoms with Crippen molar-refractivity contribution < 1.29 is 4.79 Å². The summed E-state index contributed by atoms with van der Waals surface area (Å²) >= 11 is 0. The van der Waals surface area contributed by atoms with E-state index in [9.17, 15) is 4.79 Å². The standard InChI is InChI=1S/C33H26O/c1-3-21-13-15-25-19-23-9-5-7-11-27(23)31(29(25)17-21)33(34)32-28-12-8-6-10-24(28)20-26-16-14-22(4-2)18-30(26)32/h5-20H,3-4H2,1-2H3. The summed E-state index contributed by atoms with van der Waals surface area (Å²) in [5, 5.41) is 8.52. The van der Waals surface area contributed by atoms with Gasteiger partial charge in [-0.1, -0.05) is 98.8 Å². The smallest absolute Gasteiger partial charge is 0.195 e. The third-order valence-electron chi connectivity index (χ3n) is 7.13. The summed E-state index contributed by atoms with van der Waals surface area (Å²) in [6.07, 6.45) is 1.88. The van der Waals surface area contributed by atoms with Crippen LogP contribution in [0.1, 0.15) is 40.9 Å². The molecule has 1 heteroatoms. The molecule has 164 valence electrons. The molecular weight excluding hydrogens is 412 g/mol. The molecular formula is C33H26O. The van der Waals surface area contributed by atoms with Gasteiger partial charge in [-0.05, 0) is 79.2 Å². The maximum absolute atomic E-state index is 14.7. The fourth-order valence-corrected chi connectivity index (χ4v) is 5.27. The van der Waals surface area contributed by atoms with Gasteiger partial charge in [0, 0.05) is 11.1 Å². The van der Waals surface area contributed by atoms with Gasteiger partial charge in [0.1, 0.15) is 0 Å². The predicted molar refractivity (Wildman–Crippen MR) is 145 cm³/mol. The topological polar surface area (TPSA) is 17.1 Å². The van der Waals surface area contributed by atoms with Crippen molar-refractivity contribution in [3.05, 3.63) is 119 Å². The van der Waals surface area contributed by atoms with Crippen molar-refractivity contribution in [3.8, 4) is 0 Å². The number of fused-ring (bicyclic) bond motifs is 4. The van der Waals surface area contributed by atoms with E-state index in [4.69, 9.17) is 0 Å². The lowest BCUT2D eigenvalue weighted by atomic mass is 9.86. The molecule has 34 heavy (non-hydrogen) atoms. The van der Waals surface area contributed by atoms with Crippen LogP contribution in [0.4, 0.5) is 0 Å². The molecule has 0 atom stereocenters. The molecule has 0 fully saturated rings. The Bertz CT molecular complexity index is 1610. The quantitative estimate of drug-likeness (QED) is 0.199. The van der Waals surface area contributed by atoms with Crippen LogP contribution >= 0.6 is 0 Å². The Kier molecular flexibility index (Phi) is 4.92. The van der Waals surface area contributed by atoms with Crippen LogP contribution in [0.2, 0.25) is 0 Å². The van der Waals surface area contributed by atoms with Gasteiger partial charge in [-0.2, -0.15) is 0 Å². The molecule has 0 radical (unpaired) electrons. The number of hydrogen-bond acceptors (Lipinski definition) is 1. The van der Waals surface area contributed by atoms with E-state index in [-0.39, 0.29) is 5.78 Å². The van der Waals surface area contributed by atoms with Crippen LogP contribution in [-0.4, -0.2) is 5.78 Å². The normalized spacial score (nSPS) is 11.6. The summed E-state index contributed by atoms with van der Waals surface area (Å²) in [7, 11) is 0. The summed E-state index contributed by atoms with van der Waals surface area (Å²) in [5.74, 6) is 0.102. The maximum atomic E-state index is 14.7. The van der Waals surface area contributed by atoms with Gasteiger partial charge in [-0.15, -0.1) is 0 Å². The first-order chi connectivity index (χ1) is 16.7. The van der Waals surface area contributed by atoms with Crippen molar-refractivity contribution in [2.75, 3.05) is 0 Å². The molecule has 0 N–H and O–H groups in total. The molecule has 6 aromatic rings. The lowest BCUT2D eigenvalue weighted by molar-refractivity contribution is 0.104. The van der Waals surface area contributed by atoms with Crippen LogP contribution in [-0.2, 0) is 12.8 Å². The Morgan fingerprint density at radius 2 is 0.912 bits per heavy atom. The molecule has 0 saturated heterocycles. The van der Waals surface area contributed by atoms with Crippen molar-refractivity contribution >= 4 is 48.9 Å². The Labute approximate surface area is 199 Å². The minimum absolute atomic E-state index is 0.102. The third kappa shape index (κ3) is 3.20. The maximum Gasteiger partial charge on any atom is 0.195 e. The van der Waals surface area contributed by atoms with E-state index in [0.29, 0.717) is 0 Å². The van der Waals surface area contributed by atoms with E-state index in [1.807, 2.05) is 24.3 Å². The first-order valence-corrected chi connectivity index (χ1v) is 12.1. The highest BCUT2D eigenvalue weighted by molar-refractivity contribution is 6.31. The zero-order valence-electron chi connectivity index (χ0n) is 19.6. The van der Waals surface area contributed by atoms with Gasteiger partial charge in [0.05, 0.1) is 0 Å². The Morgan fingerprint density at radius 1 is 0.500 bits per heavy atom. The molecule has 1 nitrogen and oxygen atoms in total. The highest BCUT2D eigenvalue weighted by Crippen LogP contribution is 2.36. The minimum Gasteiger partial charge on any atom is -0.289 e. The van der Waals surface area contributed by atoms with Crippen LogP contribution in [0, 0.1) is 0 Å². The Morgan fingerprint density at radius 3 is 1.35 bits per heavy atom. The molecule has 6 rings (SSSR count). The predicted octanol–water partition coefficient (Wildman–Crippen LogP) is 8.66.